The molecule has 6 heteroatoms. The van der Waals surface area contributed by atoms with Gasteiger partial charge in [0.2, 0.25) is 0 Å². The lowest BCUT2D eigenvalue weighted by molar-refractivity contribution is 0.0470. The first-order valence-corrected chi connectivity index (χ1v) is 13.6. The minimum absolute atomic E-state index is 0.0857. The van der Waals surface area contributed by atoms with Gasteiger partial charge in [-0.3, -0.25) is 4.79 Å². The van der Waals surface area contributed by atoms with E-state index in [1.54, 1.807) is 36.4 Å². The number of ketones is 1. The molecule has 42 heavy (non-hydrogen) atoms. The summed E-state index contributed by atoms with van der Waals surface area (Å²) in [7, 11) is 0. The van der Waals surface area contributed by atoms with Crippen LogP contribution in [0.15, 0.2) is 127 Å². The van der Waals surface area contributed by atoms with Crippen molar-refractivity contribution in [3.05, 3.63) is 166 Å². The van der Waals surface area contributed by atoms with Crippen LogP contribution in [0.2, 0.25) is 0 Å². The lowest BCUT2D eigenvalue weighted by atomic mass is 9.96. The van der Waals surface area contributed by atoms with Crippen LogP contribution in [0.25, 0.3) is 0 Å². The second-order valence-corrected chi connectivity index (χ2v) is 9.59. The number of hydrogen-bond acceptors (Lipinski definition) is 6. The van der Waals surface area contributed by atoms with Crippen LogP contribution in [0.1, 0.15) is 48.5 Å². The van der Waals surface area contributed by atoms with E-state index < -0.39 is 11.8 Å². The summed E-state index contributed by atoms with van der Waals surface area (Å²) in [5.74, 6) is -0.365. The highest BCUT2D eigenvalue weighted by Crippen LogP contribution is 2.33. The van der Waals surface area contributed by atoms with E-state index in [0.717, 1.165) is 16.7 Å². The zero-order valence-electron chi connectivity index (χ0n) is 22.9. The molecular weight excluding hydrogens is 528 g/mol. The van der Waals surface area contributed by atoms with Gasteiger partial charge in [0.1, 0.15) is 31.3 Å². The Bertz CT molecular complexity index is 1570. The third kappa shape index (κ3) is 7.11. The average Bonchev–Trinajstić information content (AvgIpc) is 3.06. The third-order valence-electron chi connectivity index (χ3n) is 6.67. The van der Waals surface area contributed by atoms with E-state index in [0.29, 0.717) is 17.1 Å². The Morgan fingerprint density at radius 2 is 0.976 bits per heavy atom. The lowest BCUT2D eigenvalue weighted by Crippen LogP contribution is -2.13. The predicted molar refractivity (Wildman–Crippen MR) is 159 cm³/mol. The molecule has 0 aliphatic heterocycles. The fourth-order valence-corrected chi connectivity index (χ4v) is 4.45. The van der Waals surface area contributed by atoms with Crippen LogP contribution in [0.5, 0.6) is 11.5 Å². The molecule has 5 aromatic rings. The van der Waals surface area contributed by atoms with E-state index in [4.69, 9.17) is 14.2 Å². The molecule has 0 spiro atoms. The molecule has 210 valence electrons. The predicted octanol–water partition coefficient (Wildman–Crippen LogP) is 6.92. The van der Waals surface area contributed by atoms with Gasteiger partial charge in [-0.15, -0.1) is 0 Å². The minimum atomic E-state index is -0.601. The second-order valence-electron chi connectivity index (χ2n) is 9.59. The zero-order chi connectivity index (χ0) is 29.1. The molecule has 0 unspecified atom stereocenters. The van der Waals surface area contributed by atoms with Gasteiger partial charge in [-0.2, -0.15) is 0 Å². The number of benzene rings is 5. The van der Waals surface area contributed by atoms with Gasteiger partial charge in [0, 0.05) is 11.1 Å². The highest BCUT2D eigenvalue weighted by atomic mass is 16.5. The third-order valence-corrected chi connectivity index (χ3v) is 6.67. The summed E-state index contributed by atoms with van der Waals surface area (Å²) in [6.45, 7) is 0.186. The molecule has 0 bridgehead atoms. The fraction of sp³-hybridized carbons (Fsp3) is 0.111. The monoisotopic (exact) mass is 558 g/mol. The van der Waals surface area contributed by atoms with Crippen molar-refractivity contribution in [2.75, 3.05) is 0 Å². The molecule has 0 aromatic heterocycles. The van der Waals surface area contributed by atoms with Crippen LogP contribution >= 0.6 is 0 Å². The van der Waals surface area contributed by atoms with E-state index >= 15 is 0 Å². The second kappa shape index (κ2) is 13.9. The number of rotatable bonds is 12. The minimum Gasteiger partial charge on any atom is -0.488 e. The number of carbonyl (C=O) groups is 2. The van der Waals surface area contributed by atoms with Crippen LogP contribution in [0.3, 0.4) is 0 Å². The first-order valence-electron chi connectivity index (χ1n) is 13.6. The maximum absolute atomic E-state index is 13.9. The summed E-state index contributed by atoms with van der Waals surface area (Å²) in [6, 6.07) is 38.2. The van der Waals surface area contributed by atoms with Crippen LogP contribution in [-0.4, -0.2) is 16.9 Å². The van der Waals surface area contributed by atoms with Gasteiger partial charge in [0.05, 0.1) is 17.7 Å². The van der Waals surface area contributed by atoms with E-state index in [1.165, 1.54) is 0 Å². The molecule has 0 atom stereocenters. The Morgan fingerprint density at radius 3 is 1.45 bits per heavy atom. The van der Waals surface area contributed by atoms with Crippen molar-refractivity contribution < 1.29 is 28.9 Å². The highest BCUT2D eigenvalue weighted by Gasteiger charge is 2.23. The van der Waals surface area contributed by atoms with Crippen molar-refractivity contribution in [3.63, 3.8) is 0 Å². The Kier molecular flexibility index (Phi) is 9.39. The standard InChI is InChI=1S/C36H30O6/c37-22-32-33(40-23-26-12-4-1-5-13-26)20-29(21-34(32)41-24-27-14-6-2-7-15-27)35(38)30-18-10-11-19-31(30)36(39)42-25-28-16-8-3-9-17-28/h1-21,37H,22-25H2. The van der Waals surface area contributed by atoms with E-state index in [9.17, 15) is 14.7 Å². The largest absolute Gasteiger partial charge is 0.488 e. The SMILES string of the molecule is O=C(OCc1ccccc1)c1ccccc1C(=O)c1cc(OCc2ccccc2)c(CO)c(OCc2ccccc2)c1. The molecule has 6 nitrogen and oxygen atoms in total. The van der Waals surface area contributed by atoms with Crippen molar-refractivity contribution in [2.45, 2.75) is 26.4 Å². The molecule has 0 aliphatic rings. The highest BCUT2D eigenvalue weighted by molar-refractivity contribution is 6.14. The molecular formula is C36H30O6. The summed E-state index contributed by atoms with van der Waals surface area (Å²) in [6.07, 6.45) is 0. The number of aliphatic hydroxyl groups excluding tert-OH is 1. The van der Waals surface area contributed by atoms with Crippen molar-refractivity contribution >= 4 is 11.8 Å². The van der Waals surface area contributed by atoms with Crippen molar-refractivity contribution in [1.82, 2.24) is 0 Å². The van der Waals surface area contributed by atoms with Gasteiger partial charge in [-0.05, 0) is 34.9 Å². The number of aliphatic hydroxyl groups is 1. The van der Waals surface area contributed by atoms with E-state index in [1.807, 2.05) is 91.0 Å². The van der Waals surface area contributed by atoms with Crippen LogP contribution in [0, 0.1) is 0 Å². The van der Waals surface area contributed by atoms with Gasteiger partial charge in [0.25, 0.3) is 0 Å². The molecule has 0 amide bonds. The van der Waals surface area contributed by atoms with Crippen molar-refractivity contribution in [2.24, 2.45) is 0 Å². The first-order chi connectivity index (χ1) is 20.6. The molecule has 0 radical (unpaired) electrons. The van der Waals surface area contributed by atoms with Crippen molar-refractivity contribution in [3.8, 4) is 11.5 Å². The van der Waals surface area contributed by atoms with Crippen LogP contribution in [-0.2, 0) is 31.2 Å². The van der Waals surface area contributed by atoms with Gasteiger partial charge in [-0.25, -0.2) is 4.79 Å². The molecule has 0 saturated carbocycles. The number of carbonyl (C=O) groups excluding carboxylic acids is 2. The topological polar surface area (TPSA) is 82.1 Å². The average molecular weight is 559 g/mol. The Hall–Kier alpha value is -5.20. The van der Waals surface area contributed by atoms with E-state index in [-0.39, 0.29) is 43.1 Å². The van der Waals surface area contributed by atoms with Crippen molar-refractivity contribution in [1.29, 1.82) is 0 Å². The Labute approximate surface area is 244 Å². The normalized spacial score (nSPS) is 10.6. The smallest absolute Gasteiger partial charge is 0.339 e. The number of ether oxygens (including phenoxy) is 3. The zero-order valence-corrected chi connectivity index (χ0v) is 22.9. The summed E-state index contributed by atoms with van der Waals surface area (Å²) in [4.78, 5) is 27.0. The van der Waals surface area contributed by atoms with Gasteiger partial charge in [0.15, 0.2) is 5.78 Å². The summed E-state index contributed by atoms with van der Waals surface area (Å²) in [5, 5.41) is 10.3. The molecule has 5 rings (SSSR count). The van der Waals surface area contributed by atoms with E-state index in [2.05, 4.69) is 0 Å². The lowest BCUT2D eigenvalue weighted by Gasteiger charge is -2.18. The molecule has 0 fully saturated rings. The summed E-state index contributed by atoms with van der Waals surface area (Å²) < 4.78 is 17.8. The van der Waals surface area contributed by atoms with Gasteiger partial charge >= 0.3 is 5.97 Å². The first kappa shape index (κ1) is 28.3. The number of esters is 1. The molecule has 0 saturated heterocycles. The molecule has 0 heterocycles. The fourth-order valence-electron chi connectivity index (χ4n) is 4.45. The Morgan fingerprint density at radius 1 is 0.548 bits per heavy atom. The van der Waals surface area contributed by atoms with Crippen LogP contribution < -0.4 is 9.47 Å². The Balaban J connectivity index is 1.46. The molecule has 1 N–H and O–H groups in total. The van der Waals surface area contributed by atoms with Gasteiger partial charge < -0.3 is 19.3 Å². The van der Waals surface area contributed by atoms with Crippen LogP contribution in [0.4, 0.5) is 0 Å². The maximum Gasteiger partial charge on any atom is 0.339 e. The summed E-state index contributed by atoms with van der Waals surface area (Å²) >= 11 is 0. The quantitative estimate of drug-likeness (QED) is 0.132. The molecule has 5 aromatic carbocycles. The molecule has 0 aliphatic carbocycles. The van der Waals surface area contributed by atoms with Gasteiger partial charge in [-0.1, -0.05) is 109 Å². The maximum atomic E-state index is 13.9. The summed E-state index contributed by atoms with van der Waals surface area (Å²) in [5.41, 5.74) is 3.72. The number of hydrogen-bond donors (Lipinski definition) is 1.